The van der Waals surface area contributed by atoms with Gasteiger partial charge in [-0.2, -0.15) is 12.7 Å². The molecule has 6 heteroatoms. The van der Waals surface area contributed by atoms with Crippen LogP contribution < -0.4 is 10.0 Å². The van der Waals surface area contributed by atoms with E-state index in [2.05, 4.69) is 10.0 Å². The first-order valence-corrected chi connectivity index (χ1v) is 8.16. The Bertz CT molecular complexity index is 539. The van der Waals surface area contributed by atoms with Gasteiger partial charge in [0.15, 0.2) is 0 Å². The number of aryl methyl sites for hydroxylation is 1. The van der Waals surface area contributed by atoms with Crippen LogP contribution >= 0.6 is 0 Å². The van der Waals surface area contributed by atoms with Gasteiger partial charge in [-0.3, -0.25) is 4.72 Å². The van der Waals surface area contributed by atoms with Crippen molar-refractivity contribution in [3.8, 4) is 0 Å². The third kappa shape index (κ3) is 3.01. The maximum Gasteiger partial charge on any atom is 0.301 e. The first kappa shape index (κ1) is 14.1. The van der Waals surface area contributed by atoms with Crippen molar-refractivity contribution < 1.29 is 8.42 Å². The summed E-state index contributed by atoms with van der Waals surface area (Å²) in [6, 6.07) is 5.74. The molecule has 0 saturated heterocycles. The van der Waals surface area contributed by atoms with E-state index in [0.29, 0.717) is 18.8 Å². The van der Waals surface area contributed by atoms with Crippen molar-refractivity contribution in [2.75, 3.05) is 29.7 Å². The molecule has 0 unspecified atom stereocenters. The minimum absolute atomic E-state index is 0.467. The molecule has 0 aromatic heterocycles. The van der Waals surface area contributed by atoms with Gasteiger partial charge in [-0.15, -0.1) is 0 Å². The Hall–Kier alpha value is -1.27. The lowest BCUT2D eigenvalue weighted by Crippen LogP contribution is -2.35. The molecule has 0 atom stereocenters. The van der Waals surface area contributed by atoms with Crippen LogP contribution in [0.4, 0.5) is 11.4 Å². The Balaban J connectivity index is 2.29. The predicted octanol–water partition coefficient (Wildman–Crippen LogP) is 2.04. The summed E-state index contributed by atoms with van der Waals surface area (Å²) >= 11 is 0. The number of nitrogens with one attached hydrogen (secondary N) is 2. The Kier molecular flexibility index (Phi) is 4.31. The largest absolute Gasteiger partial charge is 0.383 e. The second-order valence-corrected chi connectivity index (χ2v) is 6.23. The molecule has 0 fully saturated rings. The number of para-hydroxylation sites is 1. The van der Waals surface area contributed by atoms with Crippen LogP contribution in [0.2, 0.25) is 0 Å². The first-order valence-electron chi connectivity index (χ1n) is 6.72. The highest BCUT2D eigenvalue weighted by molar-refractivity contribution is 7.90. The molecule has 1 aromatic rings. The molecule has 1 aliphatic heterocycles. The minimum atomic E-state index is -3.47. The summed E-state index contributed by atoms with van der Waals surface area (Å²) in [6.07, 6.45) is 2.07. The number of hydrogen-bond donors (Lipinski definition) is 2. The summed E-state index contributed by atoms with van der Waals surface area (Å²) in [4.78, 5) is 0. The van der Waals surface area contributed by atoms with Crippen molar-refractivity contribution in [2.24, 2.45) is 0 Å². The Morgan fingerprint density at radius 3 is 2.74 bits per heavy atom. The molecule has 1 aliphatic rings. The summed E-state index contributed by atoms with van der Waals surface area (Å²) in [5, 5.41) is 3.28. The van der Waals surface area contributed by atoms with Crippen LogP contribution in [0, 0.1) is 0 Å². The Morgan fingerprint density at radius 1 is 1.32 bits per heavy atom. The summed E-state index contributed by atoms with van der Waals surface area (Å²) in [6.45, 7) is 5.49. The van der Waals surface area contributed by atoms with Gasteiger partial charge in [0.2, 0.25) is 0 Å². The van der Waals surface area contributed by atoms with E-state index < -0.39 is 10.2 Å². The molecule has 1 heterocycles. The van der Waals surface area contributed by atoms with Gasteiger partial charge in [-0.1, -0.05) is 26.0 Å². The lowest BCUT2D eigenvalue weighted by Gasteiger charge is -2.24. The molecule has 0 spiro atoms. The van der Waals surface area contributed by atoms with Crippen LogP contribution in [0.1, 0.15) is 25.8 Å². The summed E-state index contributed by atoms with van der Waals surface area (Å²) in [5.74, 6) is 0. The van der Waals surface area contributed by atoms with Crippen molar-refractivity contribution in [2.45, 2.75) is 26.7 Å². The molecule has 0 saturated carbocycles. The predicted molar refractivity (Wildman–Crippen MR) is 78.7 cm³/mol. The topological polar surface area (TPSA) is 61.4 Å². The third-order valence-electron chi connectivity index (χ3n) is 3.36. The molecule has 0 radical (unpaired) electrons. The smallest absolute Gasteiger partial charge is 0.301 e. The molecule has 0 amide bonds. The molecule has 0 aliphatic carbocycles. The number of hydrogen-bond acceptors (Lipinski definition) is 3. The first-order chi connectivity index (χ1) is 9.08. The molecule has 2 rings (SSSR count). The van der Waals surface area contributed by atoms with Gasteiger partial charge in [0.1, 0.15) is 0 Å². The lowest BCUT2D eigenvalue weighted by atomic mass is 10.0. The average molecular weight is 283 g/mol. The number of nitrogens with zero attached hydrogens (tertiary/aromatic N) is 1. The zero-order chi connectivity index (χ0) is 13.9. The van der Waals surface area contributed by atoms with Crippen LogP contribution in [0.15, 0.2) is 18.2 Å². The summed E-state index contributed by atoms with van der Waals surface area (Å²) in [5.41, 5.74) is 2.74. The average Bonchev–Trinajstić information content (AvgIpc) is 2.40. The SMILES string of the molecule is CCN(CC)S(=O)(=O)Nc1cccc2c1NCCC2. The number of fused-ring (bicyclic) bond motifs is 1. The molecule has 5 nitrogen and oxygen atoms in total. The van der Waals surface area contributed by atoms with Crippen LogP contribution in [0.5, 0.6) is 0 Å². The molecule has 106 valence electrons. The van der Waals surface area contributed by atoms with E-state index in [1.165, 1.54) is 9.87 Å². The zero-order valence-electron chi connectivity index (χ0n) is 11.4. The zero-order valence-corrected chi connectivity index (χ0v) is 12.3. The van der Waals surface area contributed by atoms with Crippen molar-refractivity contribution in [3.05, 3.63) is 23.8 Å². The Labute approximate surface area is 115 Å². The highest BCUT2D eigenvalue weighted by atomic mass is 32.2. The summed E-state index contributed by atoms with van der Waals surface area (Å²) < 4.78 is 28.6. The lowest BCUT2D eigenvalue weighted by molar-refractivity contribution is 0.449. The Morgan fingerprint density at radius 2 is 2.05 bits per heavy atom. The number of anilines is 2. The summed E-state index contributed by atoms with van der Waals surface area (Å²) in [7, 11) is -3.47. The standard InChI is InChI=1S/C13H21N3O2S/c1-3-16(4-2)19(17,18)15-12-9-5-7-11-8-6-10-14-13(11)12/h5,7,9,14-15H,3-4,6,8,10H2,1-2H3. The van der Waals surface area contributed by atoms with Gasteiger partial charge in [0.05, 0.1) is 11.4 Å². The van der Waals surface area contributed by atoms with E-state index in [0.717, 1.165) is 25.1 Å². The van der Waals surface area contributed by atoms with Gasteiger partial charge >= 0.3 is 10.2 Å². The van der Waals surface area contributed by atoms with E-state index in [4.69, 9.17) is 0 Å². The van der Waals surface area contributed by atoms with Crippen LogP contribution in [-0.4, -0.2) is 32.4 Å². The highest BCUT2D eigenvalue weighted by Gasteiger charge is 2.21. The molecular formula is C13H21N3O2S. The van der Waals surface area contributed by atoms with Crippen molar-refractivity contribution in [3.63, 3.8) is 0 Å². The second-order valence-electron chi connectivity index (χ2n) is 4.56. The second kappa shape index (κ2) is 5.79. The molecule has 1 aromatic carbocycles. The maximum atomic E-state index is 12.2. The molecule has 19 heavy (non-hydrogen) atoms. The van der Waals surface area contributed by atoms with E-state index in [1.54, 1.807) is 6.07 Å². The van der Waals surface area contributed by atoms with Crippen molar-refractivity contribution >= 4 is 21.6 Å². The van der Waals surface area contributed by atoms with E-state index >= 15 is 0 Å². The van der Waals surface area contributed by atoms with E-state index in [1.807, 2.05) is 26.0 Å². The molecular weight excluding hydrogens is 262 g/mol. The molecule has 0 bridgehead atoms. The van der Waals surface area contributed by atoms with Crippen molar-refractivity contribution in [1.82, 2.24) is 4.31 Å². The van der Waals surface area contributed by atoms with Crippen LogP contribution in [0.25, 0.3) is 0 Å². The number of rotatable bonds is 5. The van der Waals surface area contributed by atoms with Gasteiger partial charge in [-0.25, -0.2) is 0 Å². The van der Waals surface area contributed by atoms with E-state index in [-0.39, 0.29) is 0 Å². The van der Waals surface area contributed by atoms with Crippen LogP contribution in [-0.2, 0) is 16.6 Å². The normalized spacial score (nSPS) is 14.9. The van der Waals surface area contributed by atoms with E-state index in [9.17, 15) is 8.42 Å². The van der Waals surface area contributed by atoms with Gasteiger partial charge in [0, 0.05) is 19.6 Å². The van der Waals surface area contributed by atoms with Crippen molar-refractivity contribution in [1.29, 1.82) is 0 Å². The quantitative estimate of drug-likeness (QED) is 0.869. The van der Waals surface area contributed by atoms with Crippen LogP contribution in [0.3, 0.4) is 0 Å². The highest BCUT2D eigenvalue weighted by Crippen LogP contribution is 2.30. The van der Waals surface area contributed by atoms with Gasteiger partial charge < -0.3 is 5.32 Å². The fourth-order valence-corrected chi connectivity index (χ4v) is 3.62. The fourth-order valence-electron chi connectivity index (χ4n) is 2.36. The third-order valence-corrected chi connectivity index (χ3v) is 5.03. The van der Waals surface area contributed by atoms with Gasteiger partial charge in [0.25, 0.3) is 0 Å². The number of benzene rings is 1. The fraction of sp³-hybridized carbons (Fsp3) is 0.538. The monoisotopic (exact) mass is 283 g/mol. The maximum absolute atomic E-state index is 12.2. The van der Waals surface area contributed by atoms with Gasteiger partial charge in [-0.05, 0) is 24.5 Å². The molecule has 2 N–H and O–H groups in total. The minimum Gasteiger partial charge on any atom is -0.383 e.